The Labute approximate surface area is 225 Å². The summed E-state index contributed by atoms with van der Waals surface area (Å²) < 4.78 is 4.97. The van der Waals surface area contributed by atoms with Gasteiger partial charge in [-0.1, -0.05) is 60.7 Å². The Bertz CT molecular complexity index is 1440. The first-order valence-electron chi connectivity index (χ1n) is 12.3. The third kappa shape index (κ3) is 6.95. The number of thiophene rings is 1. The molecule has 0 fully saturated rings. The quantitative estimate of drug-likeness (QED) is 0.249. The van der Waals surface area contributed by atoms with E-state index in [-0.39, 0.29) is 29.8 Å². The molecule has 0 spiro atoms. The van der Waals surface area contributed by atoms with Crippen molar-refractivity contribution in [3.05, 3.63) is 99.7 Å². The number of phenols is 1. The summed E-state index contributed by atoms with van der Waals surface area (Å²) in [6, 6.07) is 22.5. The van der Waals surface area contributed by atoms with E-state index >= 15 is 0 Å². The van der Waals surface area contributed by atoms with E-state index in [0.29, 0.717) is 30.0 Å². The van der Waals surface area contributed by atoms with Gasteiger partial charge in [0.25, 0.3) is 5.91 Å². The Morgan fingerprint density at radius 3 is 2.13 bits per heavy atom. The molecule has 4 rings (SSSR count). The van der Waals surface area contributed by atoms with Crippen LogP contribution in [0, 0.1) is 0 Å². The molecule has 7 heteroatoms. The third-order valence-corrected chi connectivity index (χ3v) is 6.93. The molecule has 0 aliphatic heterocycles. The minimum atomic E-state index is -0.255. The van der Waals surface area contributed by atoms with Crippen molar-refractivity contribution in [3.63, 3.8) is 0 Å². The van der Waals surface area contributed by atoms with Crippen LogP contribution in [0.3, 0.4) is 0 Å². The lowest BCUT2D eigenvalue weighted by Gasteiger charge is -2.08. The first-order chi connectivity index (χ1) is 18.3. The van der Waals surface area contributed by atoms with Crippen LogP contribution in [0.1, 0.15) is 40.2 Å². The molecule has 1 heterocycles. The highest BCUT2D eigenvalue weighted by Gasteiger charge is 2.12. The van der Waals surface area contributed by atoms with Gasteiger partial charge in [0.15, 0.2) is 0 Å². The number of aromatic hydroxyl groups is 1. The summed E-state index contributed by atoms with van der Waals surface area (Å²) in [5, 5.41) is 15.3. The van der Waals surface area contributed by atoms with Crippen molar-refractivity contribution in [2.75, 3.05) is 6.61 Å². The Morgan fingerprint density at radius 1 is 0.816 bits per heavy atom. The maximum absolute atomic E-state index is 12.7. The average molecular weight is 528 g/mol. The van der Waals surface area contributed by atoms with Gasteiger partial charge in [0.05, 0.1) is 17.9 Å². The first kappa shape index (κ1) is 26.8. The molecule has 1 aromatic heterocycles. The van der Waals surface area contributed by atoms with E-state index in [1.165, 1.54) is 18.3 Å². The van der Waals surface area contributed by atoms with Crippen molar-refractivity contribution in [3.8, 4) is 28.0 Å². The SMILES string of the molecule is CCOC(=O)Cc1ccc(CNC(=O)c2cc(-c3ccc(-c4ccc(CC(C)=O)cc4O)cc3)cs2)cc1. The van der Waals surface area contributed by atoms with Crippen LogP contribution in [0.5, 0.6) is 5.75 Å². The first-order valence-corrected chi connectivity index (χ1v) is 13.2. The van der Waals surface area contributed by atoms with Gasteiger partial charge in [-0.25, -0.2) is 0 Å². The van der Waals surface area contributed by atoms with E-state index in [1.807, 2.05) is 72.1 Å². The Balaban J connectivity index is 1.36. The predicted molar refractivity (Wildman–Crippen MR) is 149 cm³/mol. The highest BCUT2D eigenvalue weighted by atomic mass is 32.1. The standard InChI is InChI=1S/C31H29NO5S/c1-3-37-30(35)16-21-4-6-22(7-5-21)18-32-31(36)29-17-26(19-38-29)24-9-11-25(12-10-24)27-13-8-23(14-20(2)33)15-28(27)34/h4-13,15,17,19,34H,3,14,16,18H2,1-2H3,(H,32,36). The number of carbonyl (C=O) groups is 3. The minimum absolute atomic E-state index is 0.0480. The predicted octanol–water partition coefficient (Wildman–Crippen LogP) is 5.95. The van der Waals surface area contributed by atoms with Crippen LogP contribution in [0.25, 0.3) is 22.3 Å². The van der Waals surface area contributed by atoms with Gasteiger partial charge in [0.2, 0.25) is 0 Å². The Kier molecular flexibility index (Phi) is 8.71. The lowest BCUT2D eigenvalue weighted by Crippen LogP contribution is -2.21. The van der Waals surface area contributed by atoms with Crippen molar-refractivity contribution in [1.82, 2.24) is 5.32 Å². The lowest BCUT2D eigenvalue weighted by molar-refractivity contribution is -0.142. The molecule has 0 saturated heterocycles. The van der Waals surface area contributed by atoms with E-state index < -0.39 is 0 Å². The fourth-order valence-corrected chi connectivity index (χ4v) is 4.92. The number of Topliss-reactive ketones (excluding diaryl/α,β-unsaturated/α-hetero) is 1. The van der Waals surface area contributed by atoms with Crippen LogP contribution in [-0.4, -0.2) is 29.4 Å². The van der Waals surface area contributed by atoms with Crippen LogP contribution >= 0.6 is 11.3 Å². The van der Waals surface area contributed by atoms with Gasteiger partial charge in [-0.2, -0.15) is 0 Å². The topological polar surface area (TPSA) is 92.7 Å². The zero-order valence-electron chi connectivity index (χ0n) is 21.3. The minimum Gasteiger partial charge on any atom is -0.507 e. The smallest absolute Gasteiger partial charge is 0.310 e. The summed E-state index contributed by atoms with van der Waals surface area (Å²) >= 11 is 1.38. The maximum Gasteiger partial charge on any atom is 0.310 e. The van der Waals surface area contributed by atoms with E-state index in [4.69, 9.17) is 4.74 Å². The number of ketones is 1. The molecule has 3 aromatic carbocycles. The third-order valence-electron chi connectivity index (χ3n) is 6.00. The van der Waals surface area contributed by atoms with Crippen molar-refractivity contribution < 1.29 is 24.2 Å². The molecule has 0 bridgehead atoms. The summed E-state index contributed by atoms with van der Waals surface area (Å²) in [5.74, 6) is -0.217. The second kappa shape index (κ2) is 12.3. The van der Waals surface area contributed by atoms with Gasteiger partial charge in [0, 0.05) is 18.5 Å². The van der Waals surface area contributed by atoms with Crippen molar-refractivity contribution in [2.45, 2.75) is 33.2 Å². The number of phenolic OH excluding ortho intramolecular Hbond substituents is 1. The highest BCUT2D eigenvalue weighted by molar-refractivity contribution is 7.12. The van der Waals surface area contributed by atoms with E-state index in [9.17, 15) is 19.5 Å². The Hall–Kier alpha value is -4.23. The molecule has 194 valence electrons. The van der Waals surface area contributed by atoms with Gasteiger partial charge in [-0.15, -0.1) is 11.3 Å². The Morgan fingerprint density at radius 2 is 1.47 bits per heavy atom. The molecular weight excluding hydrogens is 498 g/mol. The number of carbonyl (C=O) groups excluding carboxylic acids is 3. The molecule has 2 N–H and O–H groups in total. The van der Waals surface area contributed by atoms with Crippen LogP contribution in [-0.2, 0) is 33.7 Å². The van der Waals surface area contributed by atoms with E-state index in [0.717, 1.165) is 33.4 Å². The van der Waals surface area contributed by atoms with Crippen LogP contribution in [0.4, 0.5) is 0 Å². The van der Waals surface area contributed by atoms with Crippen LogP contribution in [0.15, 0.2) is 78.2 Å². The van der Waals surface area contributed by atoms with Crippen molar-refractivity contribution in [1.29, 1.82) is 0 Å². The monoisotopic (exact) mass is 527 g/mol. The summed E-state index contributed by atoms with van der Waals surface area (Å²) in [4.78, 5) is 36.3. The fourth-order valence-electron chi connectivity index (χ4n) is 4.09. The fraction of sp³-hybridized carbons (Fsp3) is 0.194. The van der Waals surface area contributed by atoms with E-state index in [1.54, 1.807) is 13.0 Å². The molecule has 1 amide bonds. The second-order valence-electron chi connectivity index (χ2n) is 8.99. The van der Waals surface area contributed by atoms with Crippen LogP contribution < -0.4 is 5.32 Å². The average Bonchev–Trinajstić information content (AvgIpc) is 3.39. The number of amides is 1. The number of nitrogens with one attached hydrogen (secondary N) is 1. The molecular formula is C31H29NO5S. The molecule has 4 aromatic rings. The lowest BCUT2D eigenvalue weighted by atomic mass is 9.98. The van der Waals surface area contributed by atoms with Crippen molar-refractivity contribution >= 4 is 29.0 Å². The summed E-state index contributed by atoms with van der Waals surface area (Å²) in [6.07, 6.45) is 0.526. The molecule has 6 nitrogen and oxygen atoms in total. The number of rotatable bonds is 10. The van der Waals surface area contributed by atoms with Gasteiger partial charge >= 0.3 is 5.97 Å². The summed E-state index contributed by atoms with van der Waals surface area (Å²) in [6.45, 7) is 4.05. The summed E-state index contributed by atoms with van der Waals surface area (Å²) in [5.41, 5.74) is 6.06. The molecule has 0 atom stereocenters. The van der Waals surface area contributed by atoms with E-state index in [2.05, 4.69) is 5.32 Å². The number of hydrogen-bond donors (Lipinski definition) is 2. The van der Waals surface area contributed by atoms with Gasteiger partial charge < -0.3 is 15.2 Å². The van der Waals surface area contributed by atoms with Gasteiger partial charge in [0.1, 0.15) is 11.5 Å². The zero-order chi connectivity index (χ0) is 27.1. The zero-order valence-corrected chi connectivity index (χ0v) is 22.1. The molecule has 0 radical (unpaired) electrons. The second-order valence-corrected chi connectivity index (χ2v) is 9.90. The molecule has 0 aliphatic carbocycles. The summed E-state index contributed by atoms with van der Waals surface area (Å²) in [7, 11) is 0. The van der Waals surface area contributed by atoms with Gasteiger partial charge in [-0.3, -0.25) is 14.4 Å². The number of ether oxygens (including phenoxy) is 1. The molecule has 0 unspecified atom stereocenters. The molecule has 0 saturated carbocycles. The molecule has 38 heavy (non-hydrogen) atoms. The van der Waals surface area contributed by atoms with Gasteiger partial charge in [-0.05, 0) is 64.7 Å². The molecule has 0 aliphatic rings. The van der Waals surface area contributed by atoms with Crippen LogP contribution in [0.2, 0.25) is 0 Å². The largest absolute Gasteiger partial charge is 0.507 e. The normalized spacial score (nSPS) is 10.7. The van der Waals surface area contributed by atoms with Crippen molar-refractivity contribution in [2.24, 2.45) is 0 Å². The number of hydrogen-bond acceptors (Lipinski definition) is 6. The number of esters is 1. The number of benzene rings is 3. The maximum atomic E-state index is 12.7. The highest BCUT2D eigenvalue weighted by Crippen LogP contribution is 2.33.